The fraction of sp³-hybridized carbons (Fsp3) is 0.231. The van der Waals surface area contributed by atoms with Crippen LogP contribution in [0.4, 0.5) is 5.69 Å². The van der Waals surface area contributed by atoms with Crippen molar-refractivity contribution >= 4 is 55.1 Å². The summed E-state index contributed by atoms with van der Waals surface area (Å²) >= 11 is 9.41. The van der Waals surface area contributed by atoms with Crippen LogP contribution in [-0.4, -0.2) is 44.8 Å². The zero-order chi connectivity index (χ0) is 26.5. The van der Waals surface area contributed by atoms with Crippen LogP contribution in [-0.2, 0) is 26.2 Å². The van der Waals surface area contributed by atoms with Crippen LogP contribution in [0.15, 0.2) is 82.2 Å². The summed E-state index contributed by atoms with van der Waals surface area (Å²) in [6.45, 7) is 3.09. The third-order valence-corrected chi connectivity index (χ3v) is 8.25. The van der Waals surface area contributed by atoms with Crippen molar-refractivity contribution in [1.82, 2.24) is 10.2 Å². The van der Waals surface area contributed by atoms with Crippen LogP contribution in [0.1, 0.15) is 18.1 Å². The van der Waals surface area contributed by atoms with Gasteiger partial charge in [0.2, 0.25) is 11.8 Å². The maximum absolute atomic E-state index is 13.7. The summed E-state index contributed by atoms with van der Waals surface area (Å²) in [5.74, 6) is -0.889. The smallest absolute Gasteiger partial charge is 0.264 e. The maximum Gasteiger partial charge on any atom is 0.264 e. The number of benzene rings is 3. The van der Waals surface area contributed by atoms with E-state index in [0.717, 1.165) is 19.9 Å². The molecule has 0 aliphatic heterocycles. The number of sulfonamides is 1. The van der Waals surface area contributed by atoms with Crippen molar-refractivity contribution in [3.63, 3.8) is 0 Å². The van der Waals surface area contributed by atoms with E-state index in [1.54, 1.807) is 43.3 Å². The molecule has 0 bridgehead atoms. The van der Waals surface area contributed by atoms with E-state index in [0.29, 0.717) is 5.02 Å². The predicted molar refractivity (Wildman–Crippen MR) is 145 cm³/mol. The molecule has 7 nitrogen and oxygen atoms in total. The largest absolute Gasteiger partial charge is 0.357 e. The van der Waals surface area contributed by atoms with Crippen molar-refractivity contribution in [2.45, 2.75) is 31.3 Å². The Kier molecular flexibility index (Phi) is 9.16. The minimum Gasteiger partial charge on any atom is -0.357 e. The van der Waals surface area contributed by atoms with Crippen molar-refractivity contribution in [2.75, 3.05) is 17.9 Å². The zero-order valence-corrected chi connectivity index (χ0v) is 23.3. The number of nitrogens with one attached hydrogen (secondary N) is 1. The highest BCUT2D eigenvalue weighted by Crippen LogP contribution is 2.26. The standard InChI is InChI=1S/C26H27BrClN3O4S/c1-18-4-14-24(15-5-18)36(34,35)31(23-12-10-22(28)11-13-23)17-25(32)30(19(2)26(33)29-3)16-20-6-8-21(27)9-7-20/h4-15,19H,16-17H2,1-3H3,(H,29,33). The van der Waals surface area contributed by atoms with Crippen LogP contribution in [0.2, 0.25) is 5.02 Å². The summed E-state index contributed by atoms with van der Waals surface area (Å²) < 4.78 is 29.3. The van der Waals surface area contributed by atoms with Crippen LogP contribution in [0.25, 0.3) is 0 Å². The lowest BCUT2D eigenvalue weighted by atomic mass is 10.1. The molecule has 36 heavy (non-hydrogen) atoms. The monoisotopic (exact) mass is 591 g/mol. The molecule has 2 amide bonds. The molecular formula is C26H27BrClN3O4S. The highest BCUT2D eigenvalue weighted by atomic mass is 79.9. The number of hydrogen-bond acceptors (Lipinski definition) is 4. The summed E-state index contributed by atoms with van der Waals surface area (Å²) in [6.07, 6.45) is 0. The first-order valence-corrected chi connectivity index (χ1v) is 13.7. The molecule has 1 atom stereocenters. The predicted octanol–water partition coefficient (Wildman–Crippen LogP) is 4.77. The number of rotatable bonds is 9. The Morgan fingerprint density at radius 1 is 0.972 bits per heavy atom. The topological polar surface area (TPSA) is 86.8 Å². The van der Waals surface area contributed by atoms with Gasteiger partial charge in [-0.05, 0) is 67.9 Å². The van der Waals surface area contributed by atoms with Crippen molar-refractivity contribution < 1.29 is 18.0 Å². The second-order valence-corrected chi connectivity index (χ2v) is 11.5. The van der Waals surface area contributed by atoms with Crippen molar-refractivity contribution in [2.24, 2.45) is 0 Å². The lowest BCUT2D eigenvalue weighted by molar-refractivity contribution is -0.139. The molecule has 0 aliphatic rings. The zero-order valence-electron chi connectivity index (χ0n) is 20.1. The van der Waals surface area contributed by atoms with E-state index in [-0.39, 0.29) is 23.0 Å². The van der Waals surface area contributed by atoms with Crippen molar-refractivity contribution in [3.05, 3.63) is 93.4 Å². The summed E-state index contributed by atoms with van der Waals surface area (Å²) in [7, 11) is -2.62. The van der Waals surface area contributed by atoms with E-state index >= 15 is 0 Å². The van der Waals surface area contributed by atoms with Gasteiger partial charge in [-0.15, -0.1) is 0 Å². The van der Waals surface area contributed by atoms with Gasteiger partial charge in [0.25, 0.3) is 10.0 Å². The molecule has 3 rings (SSSR count). The van der Waals surface area contributed by atoms with Gasteiger partial charge in [0.05, 0.1) is 10.6 Å². The molecule has 0 heterocycles. The normalized spacial score (nSPS) is 12.0. The molecule has 10 heteroatoms. The van der Waals surface area contributed by atoms with E-state index < -0.39 is 28.5 Å². The first kappa shape index (κ1) is 27.7. The van der Waals surface area contributed by atoms with Gasteiger partial charge in [0, 0.05) is 23.1 Å². The van der Waals surface area contributed by atoms with Gasteiger partial charge in [0.15, 0.2) is 0 Å². The minimum atomic E-state index is -4.11. The first-order chi connectivity index (χ1) is 17.0. The lowest BCUT2D eigenvalue weighted by Gasteiger charge is -2.31. The van der Waals surface area contributed by atoms with Gasteiger partial charge >= 0.3 is 0 Å². The number of amides is 2. The van der Waals surface area contributed by atoms with Gasteiger partial charge in [-0.2, -0.15) is 0 Å². The number of anilines is 1. The highest BCUT2D eigenvalue weighted by molar-refractivity contribution is 9.10. The number of nitrogens with zero attached hydrogens (tertiary/aromatic N) is 2. The number of carbonyl (C=O) groups is 2. The quantitative estimate of drug-likeness (QED) is 0.388. The number of hydrogen-bond donors (Lipinski definition) is 1. The van der Waals surface area contributed by atoms with E-state index in [4.69, 9.17) is 11.6 Å². The van der Waals surface area contributed by atoms with Gasteiger partial charge in [-0.25, -0.2) is 8.42 Å². The molecular weight excluding hydrogens is 566 g/mol. The molecule has 0 aliphatic carbocycles. The highest BCUT2D eigenvalue weighted by Gasteiger charge is 2.32. The summed E-state index contributed by atoms with van der Waals surface area (Å²) in [4.78, 5) is 27.6. The fourth-order valence-electron chi connectivity index (χ4n) is 3.55. The van der Waals surface area contributed by atoms with Crippen LogP contribution in [0.3, 0.4) is 0 Å². The number of halogens is 2. The molecule has 190 valence electrons. The molecule has 3 aromatic carbocycles. The molecule has 0 radical (unpaired) electrons. The molecule has 0 saturated carbocycles. The third-order valence-electron chi connectivity index (χ3n) is 5.68. The summed E-state index contributed by atoms with van der Waals surface area (Å²) in [5, 5.41) is 2.99. The second-order valence-electron chi connectivity index (χ2n) is 8.24. The van der Waals surface area contributed by atoms with Gasteiger partial charge < -0.3 is 10.2 Å². The van der Waals surface area contributed by atoms with Crippen LogP contribution >= 0.6 is 27.5 Å². The van der Waals surface area contributed by atoms with Gasteiger partial charge in [0.1, 0.15) is 12.6 Å². The summed E-state index contributed by atoms with van der Waals surface area (Å²) in [6, 6.07) is 19.1. The number of carbonyl (C=O) groups excluding carboxylic acids is 2. The Labute approximate surface area is 225 Å². The fourth-order valence-corrected chi connectivity index (χ4v) is 5.36. The Hall–Kier alpha value is -2.88. The Bertz CT molecular complexity index is 1310. The Morgan fingerprint density at radius 2 is 1.56 bits per heavy atom. The number of aryl methyl sites for hydroxylation is 1. The third kappa shape index (κ3) is 6.66. The molecule has 0 aromatic heterocycles. The summed E-state index contributed by atoms with van der Waals surface area (Å²) in [5.41, 5.74) is 1.98. The van der Waals surface area contributed by atoms with Crippen molar-refractivity contribution in [1.29, 1.82) is 0 Å². The molecule has 0 saturated heterocycles. The van der Waals surface area contributed by atoms with Crippen LogP contribution < -0.4 is 9.62 Å². The van der Waals surface area contributed by atoms with Crippen LogP contribution in [0.5, 0.6) is 0 Å². The molecule has 1 unspecified atom stereocenters. The molecule has 0 fully saturated rings. The first-order valence-electron chi connectivity index (χ1n) is 11.1. The van der Waals surface area contributed by atoms with Gasteiger partial charge in [-0.1, -0.05) is 57.4 Å². The Balaban J connectivity index is 2.01. The Morgan fingerprint density at radius 3 is 2.11 bits per heavy atom. The molecule has 0 spiro atoms. The lowest BCUT2D eigenvalue weighted by Crippen LogP contribution is -2.50. The van der Waals surface area contributed by atoms with E-state index in [1.165, 1.54) is 24.1 Å². The minimum absolute atomic E-state index is 0.0506. The van der Waals surface area contributed by atoms with Crippen molar-refractivity contribution in [3.8, 4) is 0 Å². The van der Waals surface area contributed by atoms with E-state index in [1.807, 2.05) is 31.2 Å². The SMILES string of the molecule is CNC(=O)C(C)N(Cc1ccc(Br)cc1)C(=O)CN(c1ccc(Cl)cc1)S(=O)(=O)c1ccc(C)cc1. The van der Waals surface area contributed by atoms with E-state index in [9.17, 15) is 18.0 Å². The van der Waals surface area contributed by atoms with E-state index in [2.05, 4.69) is 21.2 Å². The average molecular weight is 593 g/mol. The second kappa shape index (κ2) is 11.9. The number of likely N-dealkylation sites (N-methyl/N-ethyl adjacent to an activating group) is 1. The molecule has 1 N–H and O–H groups in total. The average Bonchev–Trinajstić information content (AvgIpc) is 2.86. The maximum atomic E-state index is 13.7. The van der Waals surface area contributed by atoms with Crippen LogP contribution in [0, 0.1) is 6.92 Å². The molecule has 3 aromatic rings. The van der Waals surface area contributed by atoms with Gasteiger partial charge in [-0.3, -0.25) is 13.9 Å².